The normalized spacial score (nSPS) is 12.5. The summed E-state index contributed by atoms with van der Waals surface area (Å²) in [5.74, 6) is 5.64. The van der Waals surface area contributed by atoms with Crippen molar-refractivity contribution in [3.63, 3.8) is 0 Å². The van der Waals surface area contributed by atoms with Crippen molar-refractivity contribution < 1.29 is 4.79 Å². The second-order valence-corrected chi connectivity index (χ2v) is 3.37. The molecule has 0 aliphatic heterocycles. The van der Waals surface area contributed by atoms with Crippen LogP contribution in [-0.2, 0) is 0 Å². The first-order valence-electron chi connectivity index (χ1n) is 4.72. The van der Waals surface area contributed by atoms with Crippen molar-refractivity contribution in [1.29, 1.82) is 0 Å². The molecule has 1 heterocycles. The molecule has 0 aromatic carbocycles. The zero-order valence-corrected chi connectivity index (χ0v) is 9.02. The topological polar surface area (TPSA) is 94.9 Å². The van der Waals surface area contributed by atoms with Crippen molar-refractivity contribution in [1.82, 2.24) is 19.8 Å². The molecule has 84 valence electrons. The van der Waals surface area contributed by atoms with Gasteiger partial charge in [-0.2, -0.15) is 4.68 Å². The standard InChI is InChI=1S/C8H15N5O2/c1-4-5(2)10-7(14)13-8(15)12(9)6(3)11-13/h5H,4,9H2,1-3H3,(H,10,14). The number of nitrogen functional groups attached to an aromatic ring is 1. The van der Waals surface area contributed by atoms with Gasteiger partial charge in [0.05, 0.1) is 0 Å². The van der Waals surface area contributed by atoms with E-state index in [1.165, 1.54) is 0 Å². The highest BCUT2D eigenvalue weighted by atomic mass is 16.2. The molecule has 1 aromatic rings. The second-order valence-electron chi connectivity index (χ2n) is 3.37. The lowest BCUT2D eigenvalue weighted by Gasteiger charge is -2.09. The molecule has 3 N–H and O–H groups in total. The van der Waals surface area contributed by atoms with Crippen molar-refractivity contribution >= 4 is 6.03 Å². The van der Waals surface area contributed by atoms with Crippen LogP contribution in [0.25, 0.3) is 0 Å². The molecule has 0 fully saturated rings. The van der Waals surface area contributed by atoms with Crippen LogP contribution in [0.15, 0.2) is 4.79 Å². The van der Waals surface area contributed by atoms with Crippen molar-refractivity contribution in [2.24, 2.45) is 0 Å². The van der Waals surface area contributed by atoms with E-state index in [1.807, 2.05) is 13.8 Å². The minimum Gasteiger partial charge on any atom is -0.334 e. The van der Waals surface area contributed by atoms with Gasteiger partial charge in [0.15, 0.2) is 5.82 Å². The Morgan fingerprint density at radius 2 is 2.27 bits per heavy atom. The molecule has 1 amide bonds. The fraction of sp³-hybridized carbons (Fsp3) is 0.625. The zero-order valence-electron chi connectivity index (χ0n) is 9.02. The molecule has 1 rings (SSSR count). The van der Waals surface area contributed by atoms with E-state index in [2.05, 4.69) is 10.4 Å². The number of rotatable bonds is 2. The first-order valence-corrected chi connectivity index (χ1v) is 4.72. The number of nitrogens with two attached hydrogens (primary N) is 1. The number of hydrogen-bond acceptors (Lipinski definition) is 4. The SMILES string of the molecule is CCC(C)NC(=O)n1nc(C)n(N)c1=O. The third kappa shape index (κ3) is 2.17. The van der Waals surface area contributed by atoms with Gasteiger partial charge in [-0.25, -0.2) is 9.59 Å². The highest BCUT2D eigenvalue weighted by molar-refractivity contribution is 5.75. The summed E-state index contributed by atoms with van der Waals surface area (Å²) in [7, 11) is 0. The largest absolute Gasteiger partial charge is 0.373 e. The van der Waals surface area contributed by atoms with E-state index in [0.29, 0.717) is 5.82 Å². The summed E-state index contributed by atoms with van der Waals surface area (Å²) < 4.78 is 1.55. The predicted octanol–water partition coefficient (Wildman–Crippen LogP) is -0.577. The molecule has 0 bridgehead atoms. The molecule has 1 unspecified atom stereocenters. The first kappa shape index (κ1) is 11.3. The fourth-order valence-electron chi connectivity index (χ4n) is 0.982. The van der Waals surface area contributed by atoms with E-state index in [4.69, 9.17) is 5.84 Å². The van der Waals surface area contributed by atoms with Crippen molar-refractivity contribution in [2.75, 3.05) is 5.84 Å². The van der Waals surface area contributed by atoms with Gasteiger partial charge in [0.25, 0.3) is 0 Å². The quantitative estimate of drug-likeness (QED) is 0.643. The van der Waals surface area contributed by atoms with E-state index in [-0.39, 0.29) is 6.04 Å². The van der Waals surface area contributed by atoms with Gasteiger partial charge < -0.3 is 11.2 Å². The van der Waals surface area contributed by atoms with Crippen molar-refractivity contribution in [3.05, 3.63) is 16.3 Å². The van der Waals surface area contributed by atoms with Crippen LogP contribution < -0.4 is 16.8 Å². The average molecular weight is 213 g/mol. The Hall–Kier alpha value is -1.79. The van der Waals surface area contributed by atoms with Crippen molar-refractivity contribution in [3.8, 4) is 0 Å². The summed E-state index contributed by atoms with van der Waals surface area (Å²) in [5, 5.41) is 6.35. The van der Waals surface area contributed by atoms with Gasteiger partial charge >= 0.3 is 11.7 Å². The smallest absolute Gasteiger partial charge is 0.334 e. The molecule has 1 aromatic heterocycles. The highest BCUT2D eigenvalue weighted by Crippen LogP contribution is 1.89. The van der Waals surface area contributed by atoms with Crippen LogP contribution >= 0.6 is 0 Å². The van der Waals surface area contributed by atoms with Gasteiger partial charge in [0, 0.05) is 6.04 Å². The van der Waals surface area contributed by atoms with Gasteiger partial charge in [-0.3, -0.25) is 0 Å². The Morgan fingerprint density at radius 3 is 2.67 bits per heavy atom. The Balaban J connectivity index is 2.93. The average Bonchev–Trinajstić information content (AvgIpc) is 2.45. The molecule has 0 radical (unpaired) electrons. The first-order chi connectivity index (χ1) is 6.97. The fourth-order valence-corrected chi connectivity index (χ4v) is 0.982. The molecule has 1 atom stereocenters. The van der Waals surface area contributed by atoms with Crippen LogP contribution in [0.2, 0.25) is 0 Å². The number of aromatic nitrogens is 3. The number of nitrogens with zero attached hydrogens (tertiary/aromatic N) is 3. The molecular weight excluding hydrogens is 198 g/mol. The summed E-state index contributed by atoms with van der Waals surface area (Å²) in [5.41, 5.74) is -0.645. The van der Waals surface area contributed by atoms with Gasteiger partial charge in [-0.05, 0) is 20.3 Å². The molecule has 7 heteroatoms. The molecule has 0 saturated heterocycles. The minimum atomic E-state index is -0.645. The summed E-state index contributed by atoms with van der Waals surface area (Å²) in [6, 6.07) is -0.561. The van der Waals surface area contributed by atoms with Crippen LogP contribution in [0.3, 0.4) is 0 Å². The number of aryl methyl sites for hydroxylation is 1. The van der Waals surface area contributed by atoms with E-state index < -0.39 is 11.7 Å². The van der Waals surface area contributed by atoms with E-state index in [1.54, 1.807) is 6.92 Å². The molecule has 0 aliphatic carbocycles. The lowest BCUT2D eigenvalue weighted by Crippen LogP contribution is -2.42. The number of carbonyl (C=O) groups is 1. The Kier molecular flexibility index (Phi) is 3.13. The predicted molar refractivity (Wildman–Crippen MR) is 55.1 cm³/mol. The maximum atomic E-state index is 11.5. The molecule has 0 spiro atoms. The Labute approximate surface area is 86.8 Å². The summed E-state index contributed by atoms with van der Waals surface area (Å²) in [6.07, 6.45) is 0.781. The van der Waals surface area contributed by atoms with Gasteiger partial charge in [-0.15, -0.1) is 9.78 Å². The third-order valence-corrected chi connectivity index (χ3v) is 2.16. The Bertz CT molecular complexity index is 419. The molecule has 0 aliphatic rings. The van der Waals surface area contributed by atoms with E-state index in [9.17, 15) is 9.59 Å². The number of carbonyl (C=O) groups excluding carboxylic acids is 1. The zero-order chi connectivity index (χ0) is 11.6. The van der Waals surface area contributed by atoms with Crippen LogP contribution in [0, 0.1) is 6.92 Å². The summed E-state index contributed by atoms with van der Waals surface area (Å²) >= 11 is 0. The molecule has 15 heavy (non-hydrogen) atoms. The number of hydrogen-bond donors (Lipinski definition) is 2. The maximum absolute atomic E-state index is 11.5. The second kappa shape index (κ2) is 4.16. The number of nitrogens with one attached hydrogen (secondary N) is 1. The summed E-state index contributed by atoms with van der Waals surface area (Å²) in [6.45, 7) is 5.32. The van der Waals surface area contributed by atoms with E-state index in [0.717, 1.165) is 15.8 Å². The van der Waals surface area contributed by atoms with Crippen LogP contribution in [0.4, 0.5) is 4.79 Å². The molecule has 7 nitrogen and oxygen atoms in total. The lowest BCUT2D eigenvalue weighted by molar-refractivity contribution is 0.235. The monoisotopic (exact) mass is 213 g/mol. The third-order valence-electron chi connectivity index (χ3n) is 2.16. The van der Waals surface area contributed by atoms with Gasteiger partial charge in [-0.1, -0.05) is 6.92 Å². The van der Waals surface area contributed by atoms with Gasteiger partial charge in [0.1, 0.15) is 0 Å². The minimum absolute atomic E-state index is 0.00682. The van der Waals surface area contributed by atoms with Crippen LogP contribution in [0.1, 0.15) is 26.1 Å². The highest BCUT2D eigenvalue weighted by Gasteiger charge is 2.15. The van der Waals surface area contributed by atoms with Gasteiger partial charge in [0.2, 0.25) is 0 Å². The van der Waals surface area contributed by atoms with Crippen molar-refractivity contribution in [2.45, 2.75) is 33.2 Å². The lowest BCUT2D eigenvalue weighted by atomic mass is 10.3. The summed E-state index contributed by atoms with van der Waals surface area (Å²) in [4.78, 5) is 22.9. The molecule has 0 saturated carbocycles. The van der Waals surface area contributed by atoms with Crippen LogP contribution in [-0.4, -0.2) is 26.5 Å². The maximum Gasteiger partial charge on any atom is 0.373 e. The van der Waals surface area contributed by atoms with Crippen LogP contribution in [0.5, 0.6) is 0 Å². The Morgan fingerprint density at radius 1 is 1.67 bits per heavy atom. The van der Waals surface area contributed by atoms with E-state index >= 15 is 0 Å². The number of amides is 1. The molecular formula is C8H15N5O2.